The van der Waals surface area contributed by atoms with Gasteiger partial charge in [-0.2, -0.15) is 5.10 Å². The van der Waals surface area contributed by atoms with Gasteiger partial charge in [0.15, 0.2) is 0 Å². The minimum Gasteiger partial charge on any atom is -0.468 e. The van der Waals surface area contributed by atoms with Crippen LogP contribution in [0.3, 0.4) is 0 Å². The highest BCUT2D eigenvalue weighted by atomic mass is 16.5. The third-order valence-corrected chi connectivity index (χ3v) is 1.98. The number of carbonyl (C=O) groups excluding carboxylic acids is 1. The molecule has 0 unspecified atom stereocenters. The number of rotatable bonds is 3. The van der Waals surface area contributed by atoms with Crippen molar-refractivity contribution < 1.29 is 9.53 Å². The average molecular weight is 197 g/mol. The van der Waals surface area contributed by atoms with E-state index in [1.54, 1.807) is 4.68 Å². The van der Waals surface area contributed by atoms with Crippen molar-refractivity contribution in [3.8, 4) is 0 Å². The van der Waals surface area contributed by atoms with Crippen molar-refractivity contribution in [1.29, 1.82) is 0 Å². The van der Waals surface area contributed by atoms with E-state index >= 15 is 0 Å². The highest BCUT2D eigenvalue weighted by molar-refractivity contribution is 5.75. The lowest BCUT2D eigenvalue weighted by atomic mass is 10.3. The third kappa shape index (κ3) is 2.32. The maximum Gasteiger partial charge on any atom is 0.324 e. The number of hydrogen-bond acceptors (Lipinski definition) is 4. The third-order valence-electron chi connectivity index (χ3n) is 1.98. The number of aromatic nitrogens is 2. The normalized spacial score (nSPS) is 12.6. The van der Waals surface area contributed by atoms with E-state index in [0.717, 1.165) is 11.4 Å². The van der Waals surface area contributed by atoms with E-state index in [9.17, 15) is 4.79 Å². The van der Waals surface area contributed by atoms with Crippen LogP contribution in [0.5, 0.6) is 0 Å². The number of hydrogen-bond donors (Lipinski definition) is 1. The fraction of sp³-hybridized carbons (Fsp3) is 0.556. The summed E-state index contributed by atoms with van der Waals surface area (Å²) < 4.78 is 6.23. The summed E-state index contributed by atoms with van der Waals surface area (Å²) in [6, 6.07) is 1.28. The molecule has 0 fully saturated rings. The summed E-state index contributed by atoms with van der Waals surface area (Å²) in [5.41, 5.74) is 7.51. The molecule has 0 bridgehead atoms. The Labute approximate surface area is 82.8 Å². The lowest BCUT2D eigenvalue weighted by Crippen LogP contribution is -2.36. The first-order chi connectivity index (χ1) is 6.54. The quantitative estimate of drug-likeness (QED) is 0.692. The molecule has 0 saturated heterocycles. The van der Waals surface area contributed by atoms with Crippen LogP contribution in [-0.4, -0.2) is 28.9 Å². The smallest absolute Gasteiger partial charge is 0.324 e. The first-order valence-electron chi connectivity index (χ1n) is 4.39. The molecular weight excluding hydrogens is 182 g/mol. The van der Waals surface area contributed by atoms with Crippen LogP contribution in [0, 0.1) is 13.8 Å². The van der Waals surface area contributed by atoms with Crippen molar-refractivity contribution in [3.63, 3.8) is 0 Å². The molecule has 0 aromatic carbocycles. The average Bonchev–Trinajstić information content (AvgIpc) is 2.44. The number of carbonyl (C=O) groups is 1. The highest BCUT2D eigenvalue weighted by Gasteiger charge is 2.15. The summed E-state index contributed by atoms with van der Waals surface area (Å²) in [6.45, 7) is 4.17. The number of methoxy groups -OCH3 is 1. The Balaban J connectivity index is 2.69. The summed E-state index contributed by atoms with van der Waals surface area (Å²) >= 11 is 0. The highest BCUT2D eigenvalue weighted by Crippen LogP contribution is 2.02. The molecular formula is C9H15N3O2. The van der Waals surface area contributed by atoms with Crippen LogP contribution < -0.4 is 5.73 Å². The van der Waals surface area contributed by atoms with Gasteiger partial charge in [0.05, 0.1) is 19.3 Å². The Hall–Kier alpha value is -1.36. The van der Waals surface area contributed by atoms with Gasteiger partial charge in [-0.25, -0.2) is 0 Å². The summed E-state index contributed by atoms with van der Waals surface area (Å²) in [4.78, 5) is 11.0. The fourth-order valence-electron chi connectivity index (χ4n) is 1.27. The molecule has 0 saturated carbocycles. The van der Waals surface area contributed by atoms with Crippen LogP contribution in [0.25, 0.3) is 0 Å². The molecule has 78 valence electrons. The van der Waals surface area contributed by atoms with Crippen LogP contribution in [0.15, 0.2) is 6.07 Å². The maximum absolute atomic E-state index is 11.0. The van der Waals surface area contributed by atoms with Gasteiger partial charge in [-0.15, -0.1) is 0 Å². The van der Waals surface area contributed by atoms with Crippen LogP contribution >= 0.6 is 0 Å². The Morgan fingerprint density at radius 2 is 2.36 bits per heavy atom. The van der Waals surface area contributed by atoms with Crippen molar-refractivity contribution in [2.45, 2.75) is 26.4 Å². The number of esters is 1. The van der Waals surface area contributed by atoms with E-state index in [4.69, 9.17) is 5.73 Å². The Bertz CT molecular complexity index is 333. The number of nitrogens with two attached hydrogens (primary N) is 1. The minimum atomic E-state index is -0.655. The van der Waals surface area contributed by atoms with Gasteiger partial charge >= 0.3 is 5.97 Å². The first kappa shape index (κ1) is 10.7. The Kier molecular flexibility index (Phi) is 3.24. The van der Waals surface area contributed by atoms with E-state index in [2.05, 4.69) is 9.84 Å². The molecule has 5 nitrogen and oxygen atoms in total. The summed E-state index contributed by atoms with van der Waals surface area (Å²) in [5, 5.41) is 4.20. The standard InChI is InChI=1S/C9H15N3O2/c1-6-4-7(2)12(11-6)5-8(10)9(13)14-3/h4,8H,5,10H2,1-3H3/t8-/m1/s1. The SMILES string of the molecule is COC(=O)[C@H](N)Cn1nc(C)cc1C. The molecule has 1 aromatic rings. The number of ether oxygens (including phenoxy) is 1. The van der Waals surface area contributed by atoms with Gasteiger partial charge in [0.1, 0.15) is 6.04 Å². The minimum absolute atomic E-state index is 0.354. The van der Waals surface area contributed by atoms with Crippen molar-refractivity contribution >= 4 is 5.97 Å². The predicted molar refractivity (Wildman–Crippen MR) is 51.7 cm³/mol. The van der Waals surface area contributed by atoms with Crippen molar-refractivity contribution in [2.75, 3.05) is 7.11 Å². The largest absolute Gasteiger partial charge is 0.468 e. The molecule has 2 N–H and O–H groups in total. The molecule has 0 spiro atoms. The molecule has 0 aliphatic heterocycles. The molecule has 0 aliphatic carbocycles. The van der Waals surface area contributed by atoms with Crippen LogP contribution in [0.1, 0.15) is 11.4 Å². The Morgan fingerprint density at radius 3 is 2.79 bits per heavy atom. The van der Waals surface area contributed by atoms with Gasteiger partial charge < -0.3 is 10.5 Å². The molecule has 1 atom stereocenters. The van der Waals surface area contributed by atoms with Gasteiger partial charge in [0.25, 0.3) is 0 Å². The number of aryl methyl sites for hydroxylation is 2. The van der Waals surface area contributed by atoms with Gasteiger partial charge in [0.2, 0.25) is 0 Å². The molecule has 14 heavy (non-hydrogen) atoms. The zero-order chi connectivity index (χ0) is 10.7. The van der Waals surface area contributed by atoms with Gasteiger partial charge in [-0.3, -0.25) is 9.48 Å². The van der Waals surface area contributed by atoms with Crippen molar-refractivity contribution in [2.24, 2.45) is 5.73 Å². The topological polar surface area (TPSA) is 70.1 Å². The molecule has 1 aromatic heterocycles. The lowest BCUT2D eigenvalue weighted by molar-refractivity contribution is -0.142. The van der Waals surface area contributed by atoms with E-state index in [1.807, 2.05) is 19.9 Å². The van der Waals surface area contributed by atoms with Crippen LogP contribution in [-0.2, 0) is 16.1 Å². The summed E-state index contributed by atoms with van der Waals surface area (Å²) in [5.74, 6) is -0.419. The second-order valence-electron chi connectivity index (χ2n) is 3.24. The molecule has 1 heterocycles. The molecule has 0 aliphatic rings. The van der Waals surface area contributed by atoms with E-state index in [0.29, 0.717) is 6.54 Å². The van der Waals surface area contributed by atoms with Crippen molar-refractivity contribution in [1.82, 2.24) is 9.78 Å². The zero-order valence-corrected chi connectivity index (χ0v) is 8.65. The first-order valence-corrected chi connectivity index (χ1v) is 4.39. The molecule has 0 amide bonds. The second kappa shape index (κ2) is 4.23. The van der Waals surface area contributed by atoms with Gasteiger partial charge in [-0.1, -0.05) is 0 Å². The van der Waals surface area contributed by atoms with E-state index in [1.165, 1.54) is 7.11 Å². The van der Waals surface area contributed by atoms with Crippen molar-refractivity contribution in [3.05, 3.63) is 17.5 Å². The summed E-state index contributed by atoms with van der Waals surface area (Å²) in [7, 11) is 1.32. The number of nitrogens with zero attached hydrogens (tertiary/aromatic N) is 2. The van der Waals surface area contributed by atoms with Crippen LogP contribution in [0.4, 0.5) is 0 Å². The Morgan fingerprint density at radius 1 is 1.71 bits per heavy atom. The fourth-order valence-corrected chi connectivity index (χ4v) is 1.27. The second-order valence-corrected chi connectivity index (χ2v) is 3.24. The van der Waals surface area contributed by atoms with Crippen LogP contribution in [0.2, 0.25) is 0 Å². The molecule has 0 radical (unpaired) electrons. The summed E-state index contributed by atoms with van der Waals surface area (Å²) in [6.07, 6.45) is 0. The van der Waals surface area contributed by atoms with Gasteiger partial charge in [-0.05, 0) is 19.9 Å². The lowest BCUT2D eigenvalue weighted by Gasteiger charge is -2.10. The van der Waals surface area contributed by atoms with E-state index < -0.39 is 12.0 Å². The monoisotopic (exact) mass is 197 g/mol. The molecule has 5 heteroatoms. The zero-order valence-electron chi connectivity index (χ0n) is 8.65. The predicted octanol–water partition coefficient (Wildman–Crippen LogP) is 0.000240. The van der Waals surface area contributed by atoms with Gasteiger partial charge in [0, 0.05) is 5.69 Å². The van der Waals surface area contributed by atoms with E-state index in [-0.39, 0.29) is 0 Å². The molecule has 1 rings (SSSR count). The maximum atomic E-state index is 11.0.